The number of carbonyl (C=O) groups excluding carboxylic acids is 1. The molecule has 3 heterocycles. The van der Waals surface area contributed by atoms with Crippen molar-refractivity contribution in [1.29, 1.82) is 0 Å². The number of carbonyl (C=O) groups is 1. The molecule has 1 aliphatic heterocycles. The number of aryl methyl sites for hydroxylation is 1. The molecule has 6 nitrogen and oxygen atoms in total. The van der Waals surface area contributed by atoms with Gasteiger partial charge in [-0.15, -0.1) is 11.3 Å². The first-order valence-corrected chi connectivity index (χ1v) is 11.0. The van der Waals surface area contributed by atoms with Gasteiger partial charge in [-0.05, 0) is 37.1 Å². The number of hydrogen-bond donors (Lipinski definition) is 0. The van der Waals surface area contributed by atoms with E-state index in [0.717, 1.165) is 28.7 Å². The summed E-state index contributed by atoms with van der Waals surface area (Å²) in [5.41, 5.74) is 2.19. The number of ether oxygens (including phenoxy) is 1. The summed E-state index contributed by atoms with van der Waals surface area (Å²) in [5, 5.41) is 0. The van der Waals surface area contributed by atoms with Gasteiger partial charge in [0.15, 0.2) is 0 Å². The van der Waals surface area contributed by atoms with Gasteiger partial charge in [-0.25, -0.2) is 17.6 Å². The molecule has 3 aromatic rings. The molecule has 2 aromatic heterocycles. The van der Waals surface area contributed by atoms with Crippen molar-refractivity contribution < 1.29 is 22.3 Å². The molecule has 1 aliphatic rings. The molecule has 0 amide bonds. The molecule has 29 heavy (non-hydrogen) atoms. The van der Waals surface area contributed by atoms with Gasteiger partial charge in [0.2, 0.25) is 0 Å². The fourth-order valence-corrected chi connectivity index (χ4v) is 5.84. The van der Waals surface area contributed by atoms with Crippen molar-refractivity contribution in [2.45, 2.75) is 18.2 Å². The van der Waals surface area contributed by atoms with Crippen molar-refractivity contribution in [2.24, 2.45) is 0 Å². The standard InChI is InChI=1S/C20H17FN2O4S2/c1-12-3-5-15(6-4-12)29(25,26)23-8-7-13-9-17(20(24)27-2)28-19(13)18-16(23)10-14(21)11-22-18/h3-6,9-11H,7-8H2,1-2H3. The van der Waals surface area contributed by atoms with Gasteiger partial charge in [-0.2, -0.15) is 0 Å². The number of halogens is 1. The maximum Gasteiger partial charge on any atom is 0.348 e. The van der Waals surface area contributed by atoms with Gasteiger partial charge in [0.25, 0.3) is 10.0 Å². The lowest BCUT2D eigenvalue weighted by Crippen LogP contribution is -2.32. The number of esters is 1. The Kier molecular flexibility index (Phi) is 4.87. The zero-order valence-corrected chi connectivity index (χ0v) is 17.3. The molecule has 0 bridgehead atoms. The molecule has 150 valence electrons. The minimum Gasteiger partial charge on any atom is -0.465 e. The number of methoxy groups -OCH3 is 1. The molecule has 0 saturated carbocycles. The average Bonchev–Trinajstić information content (AvgIpc) is 3.05. The second-order valence-electron chi connectivity index (χ2n) is 6.62. The van der Waals surface area contributed by atoms with Gasteiger partial charge in [0.1, 0.15) is 16.4 Å². The summed E-state index contributed by atoms with van der Waals surface area (Å²) in [4.78, 5) is 17.2. The molecule has 1 aromatic carbocycles. The summed E-state index contributed by atoms with van der Waals surface area (Å²) >= 11 is 1.16. The van der Waals surface area contributed by atoms with Gasteiger partial charge in [-0.1, -0.05) is 17.7 Å². The normalized spacial score (nSPS) is 13.4. The summed E-state index contributed by atoms with van der Waals surface area (Å²) in [6.45, 7) is 1.96. The van der Waals surface area contributed by atoms with E-state index < -0.39 is 21.8 Å². The number of rotatable bonds is 3. The Morgan fingerprint density at radius 2 is 1.97 bits per heavy atom. The van der Waals surface area contributed by atoms with Gasteiger partial charge >= 0.3 is 5.97 Å². The van der Waals surface area contributed by atoms with E-state index in [1.54, 1.807) is 18.2 Å². The molecule has 0 spiro atoms. The molecule has 9 heteroatoms. The first kappa shape index (κ1) is 19.5. The molecule has 0 saturated heterocycles. The highest BCUT2D eigenvalue weighted by molar-refractivity contribution is 7.92. The van der Waals surface area contributed by atoms with Crippen LogP contribution < -0.4 is 4.31 Å². The molecule has 4 rings (SSSR count). The molecule has 0 aliphatic carbocycles. The molecular formula is C20H17FN2O4S2. The number of sulfonamides is 1. The quantitative estimate of drug-likeness (QED) is 0.589. The lowest BCUT2D eigenvalue weighted by Gasteiger charge is -2.24. The summed E-state index contributed by atoms with van der Waals surface area (Å²) in [5.74, 6) is -1.11. The SMILES string of the molecule is COC(=O)c1cc2c(s1)-c1ncc(F)cc1N(S(=O)(=O)c1ccc(C)cc1)CC2. The van der Waals surface area contributed by atoms with E-state index in [1.165, 1.54) is 29.6 Å². The van der Waals surface area contributed by atoms with Crippen molar-refractivity contribution in [1.82, 2.24) is 4.98 Å². The van der Waals surface area contributed by atoms with E-state index in [4.69, 9.17) is 4.74 Å². The van der Waals surface area contributed by atoms with Gasteiger partial charge in [0.05, 0.1) is 28.8 Å². The Hall–Kier alpha value is -2.78. The number of benzene rings is 1. The first-order chi connectivity index (χ1) is 13.8. The monoisotopic (exact) mass is 432 g/mol. The molecule has 0 radical (unpaired) electrons. The predicted molar refractivity (Wildman–Crippen MR) is 108 cm³/mol. The smallest absolute Gasteiger partial charge is 0.348 e. The van der Waals surface area contributed by atoms with Gasteiger partial charge in [-0.3, -0.25) is 9.29 Å². The third-order valence-electron chi connectivity index (χ3n) is 4.71. The molecule has 0 atom stereocenters. The van der Waals surface area contributed by atoms with E-state index in [-0.39, 0.29) is 17.1 Å². The van der Waals surface area contributed by atoms with Crippen LogP contribution in [0.25, 0.3) is 10.6 Å². The third kappa shape index (κ3) is 3.40. The van der Waals surface area contributed by atoms with Crippen LogP contribution in [-0.4, -0.2) is 33.0 Å². The van der Waals surface area contributed by atoms with Crippen LogP contribution >= 0.6 is 11.3 Å². The van der Waals surface area contributed by atoms with Crippen LogP contribution in [0.3, 0.4) is 0 Å². The van der Waals surface area contributed by atoms with E-state index in [9.17, 15) is 17.6 Å². The van der Waals surface area contributed by atoms with Gasteiger partial charge < -0.3 is 4.74 Å². The Morgan fingerprint density at radius 1 is 1.24 bits per heavy atom. The van der Waals surface area contributed by atoms with Gasteiger partial charge in [0, 0.05) is 12.6 Å². The topological polar surface area (TPSA) is 76.6 Å². The van der Waals surface area contributed by atoms with Crippen molar-refractivity contribution in [2.75, 3.05) is 18.0 Å². The second kappa shape index (κ2) is 7.23. The summed E-state index contributed by atoms with van der Waals surface area (Å²) < 4.78 is 46.7. The summed E-state index contributed by atoms with van der Waals surface area (Å²) in [7, 11) is -2.62. The van der Waals surface area contributed by atoms with Crippen LogP contribution in [0.1, 0.15) is 20.8 Å². The van der Waals surface area contributed by atoms with Crippen molar-refractivity contribution >= 4 is 33.0 Å². The van der Waals surface area contributed by atoms with Crippen molar-refractivity contribution in [3.63, 3.8) is 0 Å². The first-order valence-electron chi connectivity index (χ1n) is 8.77. The van der Waals surface area contributed by atoms with Crippen LogP contribution in [0.2, 0.25) is 0 Å². The van der Waals surface area contributed by atoms with Crippen molar-refractivity contribution in [3.05, 3.63) is 64.4 Å². The zero-order chi connectivity index (χ0) is 20.8. The van der Waals surface area contributed by atoms with Crippen LogP contribution in [0.15, 0.2) is 47.5 Å². The van der Waals surface area contributed by atoms with E-state index in [2.05, 4.69) is 4.98 Å². The third-order valence-corrected chi connectivity index (χ3v) is 7.70. The van der Waals surface area contributed by atoms with E-state index in [1.807, 2.05) is 6.92 Å². The number of nitrogens with zero attached hydrogens (tertiary/aromatic N) is 2. The lowest BCUT2D eigenvalue weighted by atomic mass is 10.1. The minimum atomic E-state index is -3.92. The van der Waals surface area contributed by atoms with E-state index in [0.29, 0.717) is 21.9 Å². The number of hydrogen-bond acceptors (Lipinski definition) is 6. The number of thiophene rings is 1. The minimum absolute atomic E-state index is 0.0959. The van der Waals surface area contributed by atoms with Crippen LogP contribution in [0, 0.1) is 12.7 Å². The number of aromatic nitrogens is 1. The molecule has 0 N–H and O–H groups in total. The Balaban J connectivity index is 1.87. The maximum absolute atomic E-state index is 14.1. The highest BCUT2D eigenvalue weighted by Gasteiger charge is 2.32. The van der Waals surface area contributed by atoms with Crippen LogP contribution in [0.5, 0.6) is 0 Å². The maximum atomic E-state index is 14.1. The fourth-order valence-electron chi connectivity index (χ4n) is 3.24. The van der Waals surface area contributed by atoms with Crippen LogP contribution in [0.4, 0.5) is 10.1 Å². The molecule has 0 unspecified atom stereocenters. The average molecular weight is 432 g/mol. The van der Waals surface area contributed by atoms with Crippen LogP contribution in [-0.2, 0) is 21.2 Å². The fraction of sp³-hybridized carbons (Fsp3) is 0.200. The Bertz CT molecular complexity index is 1200. The summed E-state index contributed by atoms with van der Waals surface area (Å²) in [6, 6.07) is 9.35. The second-order valence-corrected chi connectivity index (χ2v) is 9.53. The lowest BCUT2D eigenvalue weighted by molar-refractivity contribution is 0.0606. The zero-order valence-electron chi connectivity index (χ0n) is 15.7. The van der Waals surface area contributed by atoms with E-state index >= 15 is 0 Å². The molecule has 0 fully saturated rings. The Morgan fingerprint density at radius 3 is 2.66 bits per heavy atom. The largest absolute Gasteiger partial charge is 0.465 e. The highest BCUT2D eigenvalue weighted by Crippen LogP contribution is 2.42. The summed E-state index contributed by atoms with van der Waals surface area (Å²) in [6.07, 6.45) is 1.40. The number of anilines is 1. The predicted octanol–water partition coefficient (Wildman–Crippen LogP) is 3.80. The molecular weight excluding hydrogens is 415 g/mol. The number of fused-ring (bicyclic) bond motifs is 3. The Labute approximate surface area is 171 Å². The number of pyridine rings is 1. The highest BCUT2D eigenvalue weighted by atomic mass is 32.2. The van der Waals surface area contributed by atoms with Crippen molar-refractivity contribution in [3.8, 4) is 10.6 Å².